The highest BCUT2D eigenvalue weighted by Gasteiger charge is 2.15. The molecule has 2 N–H and O–H groups in total. The third-order valence-electron chi connectivity index (χ3n) is 3.95. The first kappa shape index (κ1) is 14.4. The van der Waals surface area contributed by atoms with E-state index in [-0.39, 0.29) is 11.8 Å². The number of carbonyl (C=O) groups is 1. The van der Waals surface area contributed by atoms with Gasteiger partial charge in [0, 0.05) is 34.9 Å². The molecule has 3 aromatic rings. The van der Waals surface area contributed by atoms with E-state index in [0.29, 0.717) is 11.1 Å². The Balaban J connectivity index is 2.10. The number of aryl methyl sites for hydroxylation is 1. The Morgan fingerprint density at radius 3 is 2.68 bits per heavy atom. The van der Waals surface area contributed by atoms with E-state index in [1.807, 2.05) is 56.3 Å². The highest BCUT2D eigenvalue weighted by atomic mass is 16.1. The van der Waals surface area contributed by atoms with Crippen LogP contribution < -0.4 is 5.73 Å². The maximum absolute atomic E-state index is 12.9. The molecule has 1 aromatic heterocycles. The lowest BCUT2D eigenvalue weighted by atomic mass is 9.93. The Kier molecular flexibility index (Phi) is 3.73. The number of nitrogens with zero attached hydrogens (tertiary/aromatic N) is 1. The molecule has 0 amide bonds. The lowest BCUT2D eigenvalue weighted by Gasteiger charge is -2.11. The van der Waals surface area contributed by atoms with Crippen LogP contribution in [0.3, 0.4) is 0 Å². The second kappa shape index (κ2) is 5.70. The van der Waals surface area contributed by atoms with Gasteiger partial charge in [-0.15, -0.1) is 0 Å². The molecule has 0 spiro atoms. The summed E-state index contributed by atoms with van der Waals surface area (Å²) in [7, 11) is 0. The van der Waals surface area contributed by atoms with Gasteiger partial charge in [0.25, 0.3) is 0 Å². The molecule has 3 heteroatoms. The average Bonchev–Trinajstić information content (AvgIpc) is 2.53. The molecule has 3 nitrogen and oxygen atoms in total. The Morgan fingerprint density at radius 1 is 1.14 bits per heavy atom. The van der Waals surface area contributed by atoms with Crippen molar-refractivity contribution in [3.05, 3.63) is 77.1 Å². The summed E-state index contributed by atoms with van der Waals surface area (Å²) in [4.78, 5) is 17.0. The van der Waals surface area contributed by atoms with Crippen LogP contribution in [-0.2, 0) is 0 Å². The molecule has 0 aliphatic carbocycles. The summed E-state index contributed by atoms with van der Waals surface area (Å²) in [5, 5.41) is 1.90. The predicted molar refractivity (Wildman–Crippen MR) is 89.0 cm³/mol. The van der Waals surface area contributed by atoms with E-state index < -0.39 is 0 Å². The first-order valence-corrected chi connectivity index (χ1v) is 7.31. The number of aromatic nitrogens is 1. The zero-order valence-corrected chi connectivity index (χ0v) is 12.7. The maximum Gasteiger partial charge on any atom is 0.193 e. The van der Waals surface area contributed by atoms with Crippen LogP contribution >= 0.6 is 0 Å². The number of pyridine rings is 1. The molecule has 0 aliphatic rings. The minimum atomic E-state index is -0.0357. The Morgan fingerprint density at radius 2 is 1.95 bits per heavy atom. The SMILES string of the molecule is Cc1cc([C@@H](C)N)ccc1C(=O)c1cccc2cnccc12. The van der Waals surface area contributed by atoms with Crippen molar-refractivity contribution in [3.63, 3.8) is 0 Å². The number of rotatable bonds is 3. The van der Waals surface area contributed by atoms with E-state index in [1.54, 1.807) is 12.4 Å². The smallest absolute Gasteiger partial charge is 0.193 e. The zero-order valence-electron chi connectivity index (χ0n) is 12.7. The van der Waals surface area contributed by atoms with E-state index in [2.05, 4.69) is 4.98 Å². The van der Waals surface area contributed by atoms with Gasteiger partial charge in [-0.05, 0) is 36.4 Å². The van der Waals surface area contributed by atoms with Crippen LogP contribution in [0.15, 0.2) is 54.9 Å². The van der Waals surface area contributed by atoms with Gasteiger partial charge in [0.2, 0.25) is 0 Å². The van der Waals surface area contributed by atoms with Crippen molar-refractivity contribution in [2.45, 2.75) is 19.9 Å². The number of fused-ring (bicyclic) bond motifs is 1. The molecule has 0 fully saturated rings. The fraction of sp³-hybridized carbons (Fsp3) is 0.158. The van der Waals surface area contributed by atoms with Crippen molar-refractivity contribution >= 4 is 16.6 Å². The summed E-state index contributed by atoms with van der Waals surface area (Å²) < 4.78 is 0. The van der Waals surface area contributed by atoms with E-state index in [0.717, 1.165) is 21.9 Å². The Hall–Kier alpha value is -2.52. The Labute approximate surface area is 129 Å². The van der Waals surface area contributed by atoms with Crippen LogP contribution in [0.25, 0.3) is 10.8 Å². The van der Waals surface area contributed by atoms with E-state index in [1.165, 1.54) is 0 Å². The number of benzene rings is 2. The normalized spacial score (nSPS) is 12.3. The van der Waals surface area contributed by atoms with Gasteiger partial charge in [-0.2, -0.15) is 0 Å². The fourth-order valence-electron chi connectivity index (χ4n) is 2.69. The number of carbonyl (C=O) groups excluding carboxylic acids is 1. The van der Waals surface area contributed by atoms with Crippen molar-refractivity contribution in [2.75, 3.05) is 0 Å². The summed E-state index contributed by atoms with van der Waals surface area (Å²) in [6, 6.07) is 13.4. The molecule has 0 unspecified atom stereocenters. The minimum Gasteiger partial charge on any atom is -0.324 e. The number of hydrogen-bond donors (Lipinski definition) is 1. The maximum atomic E-state index is 12.9. The van der Waals surface area contributed by atoms with E-state index >= 15 is 0 Å². The van der Waals surface area contributed by atoms with Crippen LogP contribution in [0, 0.1) is 6.92 Å². The van der Waals surface area contributed by atoms with Crippen LogP contribution in [-0.4, -0.2) is 10.8 Å². The number of ketones is 1. The van der Waals surface area contributed by atoms with Gasteiger partial charge >= 0.3 is 0 Å². The van der Waals surface area contributed by atoms with Crippen molar-refractivity contribution < 1.29 is 4.79 Å². The predicted octanol–water partition coefficient (Wildman–Crippen LogP) is 3.79. The zero-order chi connectivity index (χ0) is 15.7. The number of hydrogen-bond acceptors (Lipinski definition) is 3. The molecule has 3 rings (SSSR count). The van der Waals surface area contributed by atoms with Gasteiger partial charge in [0.15, 0.2) is 5.78 Å². The summed E-state index contributed by atoms with van der Waals surface area (Å²) >= 11 is 0. The molecule has 1 atom stereocenters. The molecule has 0 saturated carbocycles. The van der Waals surface area contributed by atoms with Crippen LogP contribution in [0.2, 0.25) is 0 Å². The molecule has 110 valence electrons. The third-order valence-corrected chi connectivity index (χ3v) is 3.95. The summed E-state index contributed by atoms with van der Waals surface area (Å²) in [6.07, 6.45) is 3.49. The highest BCUT2D eigenvalue weighted by molar-refractivity contribution is 6.16. The van der Waals surface area contributed by atoms with E-state index in [4.69, 9.17) is 5.73 Å². The van der Waals surface area contributed by atoms with Crippen molar-refractivity contribution in [3.8, 4) is 0 Å². The molecule has 0 bridgehead atoms. The molecule has 22 heavy (non-hydrogen) atoms. The molecule has 0 radical (unpaired) electrons. The van der Waals surface area contributed by atoms with Crippen molar-refractivity contribution in [2.24, 2.45) is 5.73 Å². The second-order valence-corrected chi connectivity index (χ2v) is 5.59. The first-order chi connectivity index (χ1) is 10.6. The van der Waals surface area contributed by atoms with E-state index in [9.17, 15) is 4.79 Å². The van der Waals surface area contributed by atoms with Crippen LogP contribution in [0.1, 0.15) is 40.0 Å². The largest absolute Gasteiger partial charge is 0.324 e. The monoisotopic (exact) mass is 290 g/mol. The molecule has 1 heterocycles. The summed E-state index contributed by atoms with van der Waals surface area (Å²) in [6.45, 7) is 3.89. The van der Waals surface area contributed by atoms with Crippen LogP contribution in [0.5, 0.6) is 0 Å². The quantitative estimate of drug-likeness (QED) is 0.747. The third kappa shape index (κ3) is 2.51. The lowest BCUT2D eigenvalue weighted by molar-refractivity contribution is 0.103. The molecule has 2 aromatic carbocycles. The highest BCUT2D eigenvalue weighted by Crippen LogP contribution is 2.23. The first-order valence-electron chi connectivity index (χ1n) is 7.31. The summed E-state index contributed by atoms with van der Waals surface area (Å²) in [5.74, 6) is 0.0329. The van der Waals surface area contributed by atoms with Gasteiger partial charge in [-0.3, -0.25) is 9.78 Å². The molecular formula is C19H18N2O. The summed E-state index contributed by atoms with van der Waals surface area (Å²) in [5.41, 5.74) is 9.31. The van der Waals surface area contributed by atoms with Gasteiger partial charge < -0.3 is 5.73 Å². The number of nitrogens with two attached hydrogens (primary N) is 1. The lowest BCUT2D eigenvalue weighted by Crippen LogP contribution is -2.08. The van der Waals surface area contributed by atoms with Crippen molar-refractivity contribution in [1.29, 1.82) is 0 Å². The van der Waals surface area contributed by atoms with Crippen molar-refractivity contribution in [1.82, 2.24) is 4.98 Å². The average molecular weight is 290 g/mol. The van der Waals surface area contributed by atoms with Gasteiger partial charge in [-0.1, -0.05) is 36.4 Å². The molecule has 0 saturated heterocycles. The van der Waals surface area contributed by atoms with Gasteiger partial charge in [0.05, 0.1) is 0 Å². The Bertz CT molecular complexity index is 848. The van der Waals surface area contributed by atoms with Gasteiger partial charge in [-0.25, -0.2) is 0 Å². The molecular weight excluding hydrogens is 272 g/mol. The molecule has 0 aliphatic heterocycles. The fourth-order valence-corrected chi connectivity index (χ4v) is 2.69. The van der Waals surface area contributed by atoms with Crippen LogP contribution in [0.4, 0.5) is 0 Å². The topological polar surface area (TPSA) is 56.0 Å². The second-order valence-electron chi connectivity index (χ2n) is 5.59. The standard InChI is InChI=1S/C19H18N2O/c1-12-10-14(13(2)20)6-7-16(12)19(22)18-5-3-4-15-11-21-9-8-17(15)18/h3-11,13H,20H2,1-2H3/t13-/m1/s1. The minimum absolute atomic E-state index is 0.0329. The van der Waals surface area contributed by atoms with Gasteiger partial charge in [0.1, 0.15) is 0 Å².